The summed E-state index contributed by atoms with van der Waals surface area (Å²) >= 11 is 0. The molecule has 0 bridgehead atoms. The third kappa shape index (κ3) is 4.11. The molecule has 7 nitrogen and oxygen atoms in total. The van der Waals surface area contributed by atoms with Gasteiger partial charge < -0.3 is 5.11 Å². The van der Waals surface area contributed by atoms with Crippen LogP contribution >= 0.6 is 0 Å². The molecule has 0 spiro atoms. The number of hydroxylamine groups is 1. The maximum Gasteiger partial charge on any atom is 0.274 e. The predicted octanol–water partition coefficient (Wildman–Crippen LogP) is 1.41. The van der Waals surface area contributed by atoms with Crippen molar-refractivity contribution in [3.8, 4) is 5.75 Å². The van der Waals surface area contributed by atoms with Crippen molar-refractivity contribution in [2.24, 2.45) is 5.10 Å². The van der Waals surface area contributed by atoms with Gasteiger partial charge in [-0.25, -0.2) is 15.3 Å². The van der Waals surface area contributed by atoms with Crippen molar-refractivity contribution in [2.45, 2.75) is 0 Å². The van der Waals surface area contributed by atoms with Crippen molar-refractivity contribution >= 4 is 18.0 Å². The Morgan fingerprint density at radius 1 is 1.04 bits per heavy atom. The SMILES string of the molecule is O=C(NO)c1ccc(C(=O)N/N=C/c2cc(F)ccc2O)cc1. The van der Waals surface area contributed by atoms with E-state index in [-0.39, 0.29) is 22.4 Å². The summed E-state index contributed by atoms with van der Waals surface area (Å²) in [6, 6.07) is 8.77. The highest BCUT2D eigenvalue weighted by molar-refractivity contribution is 5.97. The van der Waals surface area contributed by atoms with Crippen LogP contribution in [0.2, 0.25) is 0 Å². The monoisotopic (exact) mass is 317 g/mol. The number of phenolic OH excluding ortho intramolecular Hbond substituents is 1. The van der Waals surface area contributed by atoms with E-state index in [1.54, 1.807) is 0 Å². The Bertz CT molecular complexity index is 760. The number of amides is 2. The number of hydrogen-bond acceptors (Lipinski definition) is 5. The van der Waals surface area contributed by atoms with Gasteiger partial charge in [0.15, 0.2) is 0 Å². The van der Waals surface area contributed by atoms with Gasteiger partial charge in [0.1, 0.15) is 11.6 Å². The van der Waals surface area contributed by atoms with E-state index in [0.717, 1.165) is 18.3 Å². The molecule has 118 valence electrons. The van der Waals surface area contributed by atoms with Gasteiger partial charge in [-0.05, 0) is 42.5 Å². The second kappa shape index (κ2) is 7.14. The molecule has 2 rings (SSSR count). The van der Waals surface area contributed by atoms with Gasteiger partial charge in [-0.3, -0.25) is 14.8 Å². The first kappa shape index (κ1) is 16.1. The number of carbonyl (C=O) groups excluding carboxylic acids is 2. The number of hydrogen-bond donors (Lipinski definition) is 4. The highest BCUT2D eigenvalue weighted by atomic mass is 19.1. The average Bonchev–Trinajstić information content (AvgIpc) is 2.57. The topological polar surface area (TPSA) is 111 Å². The molecule has 0 aliphatic rings. The van der Waals surface area contributed by atoms with Crippen LogP contribution in [0.15, 0.2) is 47.6 Å². The lowest BCUT2D eigenvalue weighted by atomic mass is 10.1. The molecule has 0 atom stereocenters. The summed E-state index contributed by atoms with van der Waals surface area (Å²) in [4.78, 5) is 23.0. The van der Waals surface area contributed by atoms with Gasteiger partial charge >= 0.3 is 0 Å². The summed E-state index contributed by atoms with van der Waals surface area (Å²) in [5.41, 5.74) is 4.19. The van der Waals surface area contributed by atoms with Crippen molar-refractivity contribution in [1.82, 2.24) is 10.9 Å². The minimum Gasteiger partial charge on any atom is -0.507 e. The first-order valence-corrected chi connectivity index (χ1v) is 6.37. The second-order valence-electron chi connectivity index (χ2n) is 4.42. The third-order valence-corrected chi connectivity index (χ3v) is 2.87. The van der Waals surface area contributed by atoms with E-state index in [4.69, 9.17) is 5.21 Å². The molecular formula is C15H12FN3O4. The third-order valence-electron chi connectivity index (χ3n) is 2.87. The van der Waals surface area contributed by atoms with Crippen molar-refractivity contribution in [1.29, 1.82) is 0 Å². The number of nitrogens with one attached hydrogen (secondary N) is 2. The molecular weight excluding hydrogens is 305 g/mol. The standard InChI is InChI=1S/C15H12FN3O4/c16-12-5-6-13(20)11(7-12)8-17-18-14(21)9-1-3-10(4-2-9)15(22)19-23/h1-8,20,23H,(H,18,21)(H,19,22)/b17-8+. The van der Waals surface area contributed by atoms with Gasteiger partial charge in [0.25, 0.3) is 11.8 Å². The van der Waals surface area contributed by atoms with Crippen LogP contribution in [-0.4, -0.2) is 28.3 Å². The Balaban J connectivity index is 2.03. The quantitative estimate of drug-likeness (QED) is 0.388. The molecule has 0 heterocycles. The zero-order chi connectivity index (χ0) is 16.8. The van der Waals surface area contributed by atoms with Crippen LogP contribution in [0.25, 0.3) is 0 Å². The summed E-state index contributed by atoms with van der Waals surface area (Å²) in [6.07, 6.45) is 1.10. The van der Waals surface area contributed by atoms with E-state index >= 15 is 0 Å². The number of carbonyl (C=O) groups is 2. The van der Waals surface area contributed by atoms with E-state index in [0.29, 0.717) is 0 Å². The molecule has 0 aliphatic carbocycles. The summed E-state index contributed by atoms with van der Waals surface area (Å²) in [5, 5.41) is 21.6. The largest absolute Gasteiger partial charge is 0.507 e. The minimum absolute atomic E-state index is 0.111. The van der Waals surface area contributed by atoms with Crippen LogP contribution in [0.4, 0.5) is 4.39 Å². The Labute approximate surface area is 130 Å². The summed E-state index contributed by atoms with van der Waals surface area (Å²) in [5.74, 6) is -1.98. The number of hydrazone groups is 1. The van der Waals surface area contributed by atoms with Crippen LogP contribution in [0.3, 0.4) is 0 Å². The van der Waals surface area contributed by atoms with Crippen LogP contribution in [-0.2, 0) is 0 Å². The smallest absolute Gasteiger partial charge is 0.274 e. The fourth-order valence-corrected chi connectivity index (χ4v) is 1.69. The van der Waals surface area contributed by atoms with Crippen molar-refractivity contribution in [3.05, 3.63) is 65.0 Å². The molecule has 2 amide bonds. The number of phenols is 1. The molecule has 0 saturated heterocycles. The number of aromatic hydroxyl groups is 1. The average molecular weight is 317 g/mol. The molecule has 2 aromatic carbocycles. The fraction of sp³-hybridized carbons (Fsp3) is 0. The molecule has 2 aromatic rings. The summed E-state index contributed by atoms with van der Waals surface area (Å²) < 4.78 is 13.0. The number of nitrogens with zero attached hydrogens (tertiary/aromatic N) is 1. The lowest BCUT2D eigenvalue weighted by Crippen LogP contribution is -2.20. The number of benzene rings is 2. The van der Waals surface area contributed by atoms with Gasteiger partial charge in [0.05, 0.1) is 6.21 Å². The molecule has 23 heavy (non-hydrogen) atoms. The zero-order valence-electron chi connectivity index (χ0n) is 11.7. The van der Waals surface area contributed by atoms with E-state index < -0.39 is 17.6 Å². The maximum atomic E-state index is 13.0. The molecule has 0 fully saturated rings. The molecule has 0 radical (unpaired) electrons. The molecule has 0 aromatic heterocycles. The van der Waals surface area contributed by atoms with Crippen molar-refractivity contribution in [2.75, 3.05) is 0 Å². The highest BCUT2D eigenvalue weighted by Gasteiger charge is 2.07. The summed E-state index contributed by atoms with van der Waals surface area (Å²) in [6.45, 7) is 0. The molecule has 8 heteroatoms. The maximum absolute atomic E-state index is 13.0. The van der Waals surface area contributed by atoms with E-state index in [2.05, 4.69) is 10.5 Å². The zero-order valence-corrected chi connectivity index (χ0v) is 11.7. The minimum atomic E-state index is -0.698. The molecule has 0 aliphatic heterocycles. The highest BCUT2D eigenvalue weighted by Crippen LogP contribution is 2.15. The predicted molar refractivity (Wildman–Crippen MR) is 78.8 cm³/mol. The van der Waals surface area contributed by atoms with Crippen molar-refractivity contribution in [3.63, 3.8) is 0 Å². The van der Waals surface area contributed by atoms with Crippen LogP contribution in [0, 0.1) is 5.82 Å². The van der Waals surface area contributed by atoms with Gasteiger partial charge in [0, 0.05) is 16.7 Å². The van der Waals surface area contributed by atoms with Gasteiger partial charge in [-0.1, -0.05) is 0 Å². The van der Waals surface area contributed by atoms with Gasteiger partial charge in [-0.2, -0.15) is 5.10 Å². The Hall–Kier alpha value is -3.26. The number of rotatable bonds is 4. The fourth-order valence-electron chi connectivity index (χ4n) is 1.69. The lowest BCUT2D eigenvalue weighted by molar-refractivity contribution is 0.0706. The molecule has 4 N–H and O–H groups in total. The number of halogens is 1. The first-order chi connectivity index (χ1) is 11.0. The van der Waals surface area contributed by atoms with Crippen LogP contribution in [0.1, 0.15) is 26.3 Å². The Kier molecular flexibility index (Phi) is 5.00. The van der Waals surface area contributed by atoms with E-state index in [1.807, 2.05) is 0 Å². The van der Waals surface area contributed by atoms with E-state index in [1.165, 1.54) is 35.8 Å². The van der Waals surface area contributed by atoms with Gasteiger partial charge in [-0.15, -0.1) is 0 Å². The van der Waals surface area contributed by atoms with Crippen LogP contribution < -0.4 is 10.9 Å². The van der Waals surface area contributed by atoms with Gasteiger partial charge in [0.2, 0.25) is 0 Å². The second-order valence-corrected chi connectivity index (χ2v) is 4.42. The van der Waals surface area contributed by atoms with Crippen molar-refractivity contribution < 1.29 is 24.3 Å². The Morgan fingerprint density at radius 2 is 1.65 bits per heavy atom. The molecule has 0 unspecified atom stereocenters. The lowest BCUT2D eigenvalue weighted by Gasteiger charge is -2.02. The first-order valence-electron chi connectivity index (χ1n) is 6.37. The summed E-state index contributed by atoms with van der Waals surface area (Å²) in [7, 11) is 0. The normalized spacial score (nSPS) is 10.5. The Morgan fingerprint density at radius 3 is 2.26 bits per heavy atom. The van der Waals surface area contributed by atoms with Crippen LogP contribution in [0.5, 0.6) is 5.75 Å². The van der Waals surface area contributed by atoms with E-state index in [9.17, 15) is 19.1 Å². The molecule has 0 saturated carbocycles.